The largest absolute Gasteiger partial charge is 0.493 e. The van der Waals surface area contributed by atoms with E-state index in [1.54, 1.807) is 30.0 Å². The molecule has 2 aromatic carbocycles. The first-order chi connectivity index (χ1) is 13.5. The number of ether oxygens (including phenoxy) is 4. The maximum absolute atomic E-state index is 12.0. The third kappa shape index (κ3) is 6.06. The molecule has 0 fully saturated rings. The Balaban J connectivity index is 2.07. The van der Waals surface area contributed by atoms with Crippen LogP contribution in [0.2, 0.25) is 0 Å². The third-order valence-electron chi connectivity index (χ3n) is 3.68. The number of rotatable bonds is 8. The first-order valence-corrected chi connectivity index (χ1v) is 9.61. The van der Waals surface area contributed by atoms with Gasteiger partial charge in [0.15, 0.2) is 11.5 Å². The van der Waals surface area contributed by atoms with Crippen LogP contribution in [0.3, 0.4) is 0 Å². The van der Waals surface area contributed by atoms with E-state index in [0.717, 1.165) is 10.5 Å². The van der Waals surface area contributed by atoms with Gasteiger partial charge >= 0.3 is 11.9 Å². The van der Waals surface area contributed by atoms with E-state index in [0.29, 0.717) is 17.1 Å². The van der Waals surface area contributed by atoms with Crippen molar-refractivity contribution >= 4 is 29.8 Å². The van der Waals surface area contributed by atoms with Crippen LogP contribution in [-0.2, 0) is 20.9 Å². The number of hydrogen-bond acceptors (Lipinski definition) is 7. The minimum atomic E-state index is -0.492. The van der Waals surface area contributed by atoms with Crippen LogP contribution in [0.25, 0.3) is 6.08 Å². The van der Waals surface area contributed by atoms with E-state index in [1.165, 1.54) is 27.2 Å². The Bertz CT molecular complexity index is 833. The highest BCUT2D eigenvalue weighted by Gasteiger charge is 2.15. The number of esters is 2. The summed E-state index contributed by atoms with van der Waals surface area (Å²) in [5, 5.41) is 0. The second-order valence-corrected chi connectivity index (χ2v) is 6.52. The average Bonchev–Trinajstić information content (AvgIpc) is 2.71. The highest BCUT2D eigenvalue weighted by Crippen LogP contribution is 2.39. The van der Waals surface area contributed by atoms with Crippen LogP contribution >= 0.6 is 11.8 Å². The second-order valence-electron chi connectivity index (χ2n) is 5.64. The lowest BCUT2D eigenvalue weighted by Crippen LogP contribution is -2.05. The van der Waals surface area contributed by atoms with Gasteiger partial charge in [0.25, 0.3) is 0 Å². The molecular weight excluding hydrogens is 380 g/mol. The van der Waals surface area contributed by atoms with Gasteiger partial charge in [0, 0.05) is 17.9 Å². The van der Waals surface area contributed by atoms with Crippen LogP contribution in [-0.4, -0.2) is 32.4 Å². The summed E-state index contributed by atoms with van der Waals surface area (Å²) in [5.41, 5.74) is 1.54. The number of carbonyl (C=O) groups excluding carboxylic acids is 2. The van der Waals surface area contributed by atoms with Crippen LogP contribution in [0.4, 0.5) is 0 Å². The molecule has 0 aliphatic heterocycles. The van der Waals surface area contributed by atoms with E-state index in [9.17, 15) is 9.59 Å². The van der Waals surface area contributed by atoms with Crippen molar-refractivity contribution in [2.75, 3.05) is 20.5 Å². The summed E-state index contributed by atoms with van der Waals surface area (Å²) in [6.07, 6.45) is 4.89. The van der Waals surface area contributed by atoms with E-state index in [1.807, 2.05) is 30.5 Å². The molecule has 6 nitrogen and oxygen atoms in total. The lowest BCUT2D eigenvalue weighted by molar-refractivity contribution is -0.139. The van der Waals surface area contributed by atoms with Gasteiger partial charge in [0.05, 0.1) is 14.2 Å². The van der Waals surface area contributed by atoms with Crippen LogP contribution in [0.15, 0.2) is 47.4 Å². The van der Waals surface area contributed by atoms with Crippen LogP contribution in [0.5, 0.6) is 17.2 Å². The second kappa shape index (κ2) is 10.4. The minimum Gasteiger partial charge on any atom is -0.493 e. The van der Waals surface area contributed by atoms with Crippen LogP contribution in [0, 0.1) is 0 Å². The van der Waals surface area contributed by atoms with Gasteiger partial charge in [0.1, 0.15) is 6.61 Å². The summed E-state index contributed by atoms with van der Waals surface area (Å²) in [7, 11) is 2.90. The number of methoxy groups -OCH3 is 2. The number of carbonyl (C=O) groups is 2. The average molecular weight is 402 g/mol. The molecule has 0 aromatic heterocycles. The molecular formula is C21H22O6S. The molecule has 0 saturated carbocycles. The zero-order valence-corrected chi connectivity index (χ0v) is 17.0. The van der Waals surface area contributed by atoms with Gasteiger partial charge in [-0.2, -0.15) is 0 Å². The Labute approximate surface area is 168 Å². The van der Waals surface area contributed by atoms with Gasteiger partial charge in [-0.15, -0.1) is 11.8 Å². The Morgan fingerprint density at radius 2 is 1.64 bits per heavy atom. The summed E-state index contributed by atoms with van der Waals surface area (Å²) < 4.78 is 20.9. The van der Waals surface area contributed by atoms with Crippen LogP contribution < -0.4 is 14.2 Å². The van der Waals surface area contributed by atoms with E-state index < -0.39 is 11.9 Å². The summed E-state index contributed by atoms with van der Waals surface area (Å²) in [6, 6.07) is 11.1. The molecule has 2 aromatic rings. The molecule has 0 aliphatic rings. The number of thioether (sulfide) groups is 1. The summed E-state index contributed by atoms with van der Waals surface area (Å²) in [5.74, 6) is -0.149. The maximum Gasteiger partial charge on any atom is 0.331 e. The van der Waals surface area contributed by atoms with Gasteiger partial charge in [-0.3, -0.25) is 4.79 Å². The van der Waals surface area contributed by atoms with Crippen molar-refractivity contribution in [2.45, 2.75) is 18.4 Å². The normalized spacial score (nSPS) is 10.6. The lowest BCUT2D eigenvalue weighted by atomic mass is 10.1. The molecule has 0 saturated heterocycles. The Morgan fingerprint density at radius 3 is 2.14 bits per heavy atom. The minimum absolute atomic E-state index is 0.186. The molecule has 0 amide bonds. The van der Waals surface area contributed by atoms with Crippen molar-refractivity contribution in [3.8, 4) is 17.2 Å². The molecule has 7 heteroatoms. The van der Waals surface area contributed by atoms with Crippen molar-refractivity contribution in [1.82, 2.24) is 0 Å². The maximum atomic E-state index is 12.0. The standard InChI is InChI=1S/C21H22O6S/c1-14(22)27-21-18(24-2)11-16(12-19(21)25-3)7-10-20(23)26-13-15-5-8-17(28-4)9-6-15/h5-12H,13H2,1-4H3/b10-7+. The van der Waals surface area contributed by atoms with E-state index in [-0.39, 0.29) is 12.4 Å². The fourth-order valence-electron chi connectivity index (χ4n) is 2.33. The van der Waals surface area contributed by atoms with Gasteiger partial charge in [-0.05, 0) is 47.7 Å². The van der Waals surface area contributed by atoms with Gasteiger partial charge in [-0.1, -0.05) is 12.1 Å². The molecule has 0 unspecified atom stereocenters. The Kier molecular flexibility index (Phi) is 7.95. The first-order valence-electron chi connectivity index (χ1n) is 8.39. The van der Waals surface area contributed by atoms with Crippen LogP contribution in [0.1, 0.15) is 18.1 Å². The summed E-state index contributed by atoms with van der Waals surface area (Å²) >= 11 is 1.65. The number of benzene rings is 2. The SMILES string of the molecule is COc1cc(/C=C/C(=O)OCc2ccc(SC)cc2)cc(OC)c1OC(C)=O. The van der Waals surface area contributed by atoms with Crippen molar-refractivity contribution < 1.29 is 28.5 Å². The Morgan fingerprint density at radius 1 is 1.04 bits per heavy atom. The predicted molar refractivity (Wildman–Crippen MR) is 108 cm³/mol. The molecule has 148 valence electrons. The van der Waals surface area contributed by atoms with Crippen molar-refractivity contribution in [2.24, 2.45) is 0 Å². The number of hydrogen-bond donors (Lipinski definition) is 0. The fraction of sp³-hybridized carbons (Fsp3) is 0.238. The highest BCUT2D eigenvalue weighted by molar-refractivity contribution is 7.98. The topological polar surface area (TPSA) is 71.1 Å². The molecule has 28 heavy (non-hydrogen) atoms. The zero-order chi connectivity index (χ0) is 20.5. The predicted octanol–water partition coefficient (Wildman–Crippen LogP) is 4.11. The molecule has 0 radical (unpaired) electrons. The monoisotopic (exact) mass is 402 g/mol. The quantitative estimate of drug-likeness (QED) is 0.285. The smallest absolute Gasteiger partial charge is 0.331 e. The van der Waals surface area contributed by atoms with Crippen molar-refractivity contribution in [3.63, 3.8) is 0 Å². The zero-order valence-electron chi connectivity index (χ0n) is 16.2. The van der Waals surface area contributed by atoms with E-state index >= 15 is 0 Å². The molecule has 2 rings (SSSR count). The van der Waals surface area contributed by atoms with Gasteiger partial charge in [-0.25, -0.2) is 4.79 Å². The van der Waals surface area contributed by atoms with Crippen molar-refractivity contribution in [3.05, 3.63) is 53.6 Å². The lowest BCUT2D eigenvalue weighted by Gasteiger charge is -2.13. The van der Waals surface area contributed by atoms with E-state index in [2.05, 4.69) is 0 Å². The van der Waals surface area contributed by atoms with Crippen molar-refractivity contribution in [1.29, 1.82) is 0 Å². The first kappa shape index (κ1) is 21.4. The Hall–Kier alpha value is -2.93. The van der Waals surface area contributed by atoms with Gasteiger partial charge < -0.3 is 18.9 Å². The van der Waals surface area contributed by atoms with E-state index in [4.69, 9.17) is 18.9 Å². The molecule has 0 aliphatic carbocycles. The summed E-state index contributed by atoms with van der Waals surface area (Å²) in [6.45, 7) is 1.48. The molecule has 0 spiro atoms. The third-order valence-corrected chi connectivity index (χ3v) is 4.42. The molecule has 0 atom stereocenters. The highest BCUT2D eigenvalue weighted by atomic mass is 32.2. The molecule has 0 N–H and O–H groups in total. The fourth-order valence-corrected chi connectivity index (χ4v) is 2.74. The summed E-state index contributed by atoms with van der Waals surface area (Å²) in [4.78, 5) is 24.4. The van der Waals surface area contributed by atoms with Gasteiger partial charge in [0.2, 0.25) is 5.75 Å². The molecule has 0 bridgehead atoms. The molecule has 0 heterocycles.